The van der Waals surface area contributed by atoms with Crippen LogP contribution in [-0.4, -0.2) is 36.6 Å². The lowest BCUT2D eigenvalue weighted by Crippen LogP contribution is -2.21. The van der Waals surface area contributed by atoms with Gasteiger partial charge in [0.1, 0.15) is 5.75 Å². The molecule has 2 aliphatic rings. The first kappa shape index (κ1) is 14.9. The van der Waals surface area contributed by atoms with Crippen LogP contribution >= 0.6 is 0 Å². The highest BCUT2D eigenvalue weighted by molar-refractivity contribution is 5.84. The summed E-state index contributed by atoms with van der Waals surface area (Å²) in [5, 5.41) is 1.17. The highest BCUT2D eigenvalue weighted by Crippen LogP contribution is 2.51. The van der Waals surface area contributed by atoms with Gasteiger partial charge in [-0.1, -0.05) is 24.3 Å². The first-order chi connectivity index (χ1) is 12.3. The van der Waals surface area contributed by atoms with Crippen LogP contribution in [0.15, 0.2) is 60.8 Å². The molecule has 3 heteroatoms. The van der Waals surface area contributed by atoms with E-state index in [1.165, 1.54) is 29.6 Å². The van der Waals surface area contributed by atoms with E-state index in [1.54, 1.807) is 0 Å². The van der Waals surface area contributed by atoms with E-state index in [2.05, 4.69) is 65.5 Å². The van der Waals surface area contributed by atoms with Crippen molar-refractivity contribution in [1.82, 2.24) is 9.88 Å². The fourth-order valence-electron chi connectivity index (χ4n) is 4.30. The average molecular weight is 330 g/mol. The van der Waals surface area contributed by atoms with Crippen LogP contribution in [0.1, 0.15) is 0 Å². The van der Waals surface area contributed by atoms with Crippen molar-refractivity contribution in [2.75, 3.05) is 26.7 Å². The molecule has 2 unspecified atom stereocenters. The molecule has 25 heavy (non-hydrogen) atoms. The van der Waals surface area contributed by atoms with Gasteiger partial charge in [0.15, 0.2) is 0 Å². The fraction of sp³-hybridized carbons (Fsp3) is 0.318. The number of pyridine rings is 1. The van der Waals surface area contributed by atoms with Crippen molar-refractivity contribution in [2.45, 2.75) is 0 Å². The molecule has 0 bridgehead atoms. The van der Waals surface area contributed by atoms with Crippen LogP contribution in [0.4, 0.5) is 0 Å². The zero-order chi connectivity index (χ0) is 16.8. The molecule has 2 fully saturated rings. The predicted molar refractivity (Wildman–Crippen MR) is 101 cm³/mol. The molecule has 0 spiro atoms. The van der Waals surface area contributed by atoms with Gasteiger partial charge >= 0.3 is 0 Å². The van der Waals surface area contributed by atoms with E-state index in [0.29, 0.717) is 0 Å². The van der Waals surface area contributed by atoms with E-state index in [1.807, 2.05) is 12.3 Å². The molecular formula is C22H22N2O. The van der Waals surface area contributed by atoms with E-state index < -0.39 is 0 Å². The molecule has 0 amide bonds. The first-order valence-electron chi connectivity index (χ1n) is 9.04. The Morgan fingerprint density at radius 2 is 1.76 bits per heavy atom. The minimum atomic E-state index is 0.767. The minimum Gasteiger partial charge on any atom is -0.493 e. The van der Waals surface area contributed by atoms with Gasteiger partial charge in [-0.25, -0.2) is 0 Å². The Labute approximate surface area is 148 Å². The quantitative estimate of drug-likeness (QED) is 0.720. The van der Waals surface area contributed by atoms with Crippen molar-refractivity contribution < 1.29 is 4.74 Å². The summed E-state index contributed by atoms with van der Waals surface area (Å²) < 4.78 is 6.03. The number of piperidine rings is 1. The second kappa shape index (κ2) is 5.85. The number of rotatable bonds is 4. The molecular weight excluding hydrogens is 308 g/mol. The van der Waals surface area contributed by atoms with Gasteiger partial charge in [-0.15, -0.1) is 0 Å². The fourth-order valence-corrected chi connectivity index (χ4v) is 4.30. The summed E-state index contributed by atoms with van der Waals surface area (Å²) in [6.45, 7) is 3.35. The third-order valence-corrected chi connectivity index (χ3v) is 5.79. The van der Waals surface area contributed by atoms with Gasteiger partial charge in [-0.3, -0.25) is 4.98 Å². The van der Waals surface area contributed by atoms with Gasteiger partial charge in [-0.05, 0) is 60.3 Å². The van der Waals surface area contributed by atoms with Crippen LogP contribution in [0.25, 0.3) is 22.0 Å². The molecule has 1 aliphatic carbocycles. The smallest absolute Gasteiger partial charge is 0.119 e. The number of aromatic nitrogens is 1. The lowest BCUT2D eigenvalue weighted by atomic mass is 10.0. The van der Waals surface area contributed by atoms with Crippen LogP contribution in [0.2, 0.25) is 0 Å². The van der Waals surface area contributed by atoms with Gasteiger partial charge < -0.3 is 9.64 Å². The molecule has 126 valence electrons. The van der Waals surface area contributed by atoms with Crippen LogP contribution in [0.5, 0.6) is 5.75 Å². The van der Waals surface area contributed by atoms with Crippen molar-refractivity contribution in [3.8, 4) is 16.9 Å². The standard InChI is InChI=1S/C22H22N2O/c1-24-12-19-20(13-24)21(19)14-25-18-7-4-15(5-8-18)16-6-9-22-17(11-16)3-2-10-23-22/h2-11,19-21H,12-14H2,1H3. The zero-order valence-electron chi connectivity index (χ0n) is 14.4. The maximum absolute atomic E-state index is 6.03. The summed E-state index contributed by atoms with van der Waals surface area (Å²) in [5.41, 5.74) is 3.46. The largest absolute Gasteiger partial charge is 0.493 e. The van der Waals surface area contributed by atoms with Gasteiger partial charge in [0.2, 0.25) is 0 Å². The second-order valence-electron chi connectivity index (χ2n) is 7.46. The molecule has 2 heterocycles. The van der Waals surface area contributed by atoms with E-state index in [9.17, 15) is 0 Å². The molecule has 1 saturated carbocycles. The van der Waals surface area contributed by atoms with Gasteiger partial charge in [0, 0.05) is 30.6 Å². The summed E-state index contributed by atoms with van der Waals surface area (Å²) in [6, 6.07) is 19.0. The third-order valence-electron chi connectivity index (χ3n) is 5.79. The molecule has 1 aromatic heterocycles. The molecule has 2 atom stereocenters. The normalized spacial score (nSPS) is 25.1. The number of benzene rings is 2. The van der Waals surface area contributed by atoms with Crippen LogP contribution < -0.4 is 4.74 Å². The van der Waals surface area contributed by atoms with E-state index in [-0.39, 0.29) is 0 Å². The van der Waals surface area contributed by atoms with Crippen molar-refractivity contribution >= 4 is 10.9 Å². The molecule has 0 radical (unpaired) electrons. The lowest BCUT2D eigenvalue weighted by molar-refractivity contribution is 0.253. The average Bonchev–Trinajstić information content (AvgIpc) is 3.12. The minimum absolute atomic E-state index is 0.767. The zero-order valence-corrected chi connectivity index (χ0v) is 14.4. The maximum Gasteiger partial charge on any atom is 0.119 e. The van der Waals surface area contributed by atoms with Crippen molar-refractivity contribution in [2.24, 2.45) is 17.8 Å². The van der Waals surface area contributed by atoms with E-state index in [0.717, 1.165) is 35.6 Å². The second-order valence-corrected chi connectivity index (χ2v) is 7.46. The summed E-state index contributed by atoms with van der Waals surface area (Å²) in [7, 11) is 2.21. The Morgan fingerprint density at radius 3 is 2.56 bits per heavy atom. The Bertz CT molecular complexity index is 893. The van der Waals surface area contributed by atoms with Crippen LogP contribution in [0.3, 0.4) is 0 Å². The number of likely N-dealkylation sites (tertiary alicyclic amines) is 1. The summed E-state index contributed by atoms with van der Waals surface area (Å²) in [5.74, 6) is 3.49. The summed E-state index contributed by atoms with van der Waals surface area (Å²) in [6.07, 6.45) is 1.83. The number of hydrogen-bond acceptors (Lipinski definition) is 3. The first-order valence-corrected chi connectivity index (χ1v) is 9.04. The van der Waals surface area contributed by atoms with Gasteiger partial charge in [0.05, 0.1) is 12.1 Å². The molecule has 1 saturated heterocycles. The molecule has 5 rings (SSSR count). The Kier molecular flexibility index (Phi) is 3.49. The third kappa shape index (κ3) is 2.79. The Balaban J connectivity index is 1.26. The topological polar surface area (TPSA) is 25.4 Å². The highest BCUT2D eigenvalue weighted by Gasteiger charge is 2.54. The number of hydrogen-bond donors (Lipinski definition) is 0. The van der Waals surface area contributed by atoms with E-state index in [4.69, 9.17) is 4.74 Å². The summed E-state index contributed by atoms with van der Waals surface area (Å²) in [4.78, 5) is 6.81. The Hall–Kier alpha value is -2.39. The van der Waals surface area contributed by atoms with Gasteiger partial charge in [-0.2, -0.15) is 0 Å². The Morgan fingerprint density at radius 1 is 1.00 bits per heavy atom. The molecule has 1 aliphatic heterocycles. The van der Waals surface area contributed by atoms with Crippen molar-refractivity contribution in [3.63, 3.8) is 0 Å². The highest BCUT2D eigenvalue weighted by atomic mass is 16.5. The monoisotopic (exact) mass is 330 g/mol. The molecule has 3 aromatic rings. The number of fused-ring (bicyclic) bond motifs is 2. The molecule has 2 aromatic carbocycles. The van der Waals surface area contributed by atoms with Crippen molar-refractivity contribution in [1.29, 1.82) is 0 Å². The van der Waals surface area contributed by atoms with Gasteiger partial charge in [0.25, 0.3) is 0 Å². The lowest BCUT2D eigenvalue weighted by Gasteiger charge is -2.13. The van der Waals surface area contributed by atoms with Crippen LogP contribution in [-0.2, 0) is 0 Å². The van der Waals surface area contributed by atoms with Crippen LogP contribution in [0, 0.1) is 17.8 Å². The SMILES string of the molecule is CN1CC2C(COc3ccc(-c4ccc5ncccc5c4)cc3)C2C1. The van der Waals surface area contributed by atoms with Crippen molar-refractivity contribution in [3.05, 3.63) is 60.8 Å². The van der Waals surface area contributed by atoms with E-state index >= 15 is 0 Å². The predicted octanol–water partition coefficient (Wildman–Crippen LogP) is 4.09. The maximum atomic E-state index is 6.03. The number of nitrogens with zero attached hydrogens (tertiary/aromatic N) is 2. The molecule has 0 N–H and O–H groups in total. The molecule has 3 nitrogen and oxygen atoms in total. The number of ether oxygens (including phenoxy) is 1. The summed E-state index contributed by atoms with van der Waals surface area (Å²) >= 11 is 0.